The predicted molar refractivity (Wildman–Crippen MR) is 76.4 cm³/mol. The molecule has 3 nitrogen and oxygen atoms in total. The van der Waals surface area contributed by atoms with Gasteiger partial charge in [-0.2, -0.15) is 0 Å². The second kappa shape index (κ2) is 5.13. The fourth-order valence-corrected chi connectivity index (χ4v) is 3.17. The van der Waals surface area contributed by atoms with E-state index in [2.05, 4.69) is 34.6 Å². The SMILES string of the molecule is O=C(NCC1(c2ccccc2)CCC1)c1nccs1. The lowest BCUT2D eigenvalue weighted by Crippen LogP contribution is -2.45. The summed E-state index contributed by atoms with van der Waals surface area (Å²) < 4.78 is 0. The normalized spacial score (nSPS) is 16.6. The van der Waals surface area contributed by atoms with E-state index in [4.69, 9.17) is 0 Å². The Hall–Kier alpha value is -1.68. The first-order valence-electron chi connectivity index (χ1n) is 6.53. The summed E-state index contributed by atoms with van der Waals surface area (Å²) in [4.78, 5) is 16.0. The van der Waals surface area contributed by atoms with Crippen LogP contribution in [0.5, 0.6) is 0 Å². The number of hydrogen-bond donors (Lipinski definition) is 1. The Kier molecular flexibility index (Phi) is 3.34. The molecular formula is C15H16N2OS. The number of hydrogen-bond acceptors (Lipinski definition) is 3. The summed E-state index contributed by atoms with van der Waals surface area (Å²) >= 11 is 1.38. The highest BCUT2D eigenvalue weighted by atomic mass is 32.1. The van der Waals surface area contributed by atoms with Gasteiger partial charge in [0, 0.05) is 23.5 Å². The molecule has 98 valence electrons. The number of rotatable bonds is 4. The summed E-state index contributed by atoms with van der Waals surface area (Å²) in [6, 6.07) is 10.5. The number of carbonyl (C=O) groups excluding carboxylic acids is 1. The zero-order valence-electron chi connectivity index (χ0n) is 10.6. The lowest BCUT2D eigenvalue weighted by atomic mass is 9.64. The zero-order valence-corrected chi connectivity index (χ0v) is 11.5. The fourth-order valence-electron chi connectivity index (χ4n) is 2.62. The van der Waals surface area contributed by atoms with E-state index in [1.165, 1.54) is 23.3 Å². The van der Waals surface area contributed by atoms with Gasteiger partial charge in [-0.15, -0.1) is 11.3 Å². The van der Waals surface area contributed by atoms with Gasteiger partial charge in [-0.1, -0.05) is 36.8 Å². The quantitative estimate of drug-likeness (QED) is 0.929. The lowest BCUT2D eigenvalue weighted by molar-refractivity contribution is 0.0927. The average Bonchev–Trinajstić information content (AvgIpc) is 2.92. The fraction of sp³-hybridized carbons (Fsp3) is 0.333. The molecule has 0 spiro atoms. The molecule has 1 aromatic heterocycles. The van der Waals surface area contributed by atoms with Crippen LogP contribution in [0, 0.1) is 0 Å². The van der Waals surface area contributed by atoms with E-state index in [9.17, 15) is 4.79 Å². The van der Waals surface area contributed by atoms with Crippen molar-refractivity contribution >= 4 is 17.2 Å². The van der Waals surface area contributed by atoms with Crippen molar-refractivity contribution in [1.29, 1.82) is 0 Å². The third-order valence-corrected chi connectivity index (χ3v) is 4.68. The van der Waals surface area contributed by atoms with Crippen molar-refractivity contribution in [3.8, 4) is 0 Å². The summed E-state index contributed by atoms with van der Waals surface area (Å²) in [5, 5.41) is 5.40. The smallest absolute Gasteiger partial charge is 0.280 e. The average molecular weight is 272 g/mol. The third kappa shape index (κ3) is 2.40. The van der Waals surface area contributed by atoms with Crippen LogP contribution in [0.4, 0.5) is 0 Å². The summed E-state index contributed by atoms with van der Waals surface area (Å²) in [6.07, 6.45) is 5.20. The van der Waals surface area contributed by atoms with E-state index in [-0.39, 0.29) is 11.3 Å². The van der Waals surface area contributed by atoms with Crippen LogP contribution in [0.25, 0.3) is 0 Å². The minimum Gasteiger partial charge on any atom is -0.349 e. The number of benzene rings is 1. The first-order valence-corrected chi connectivity index (χ1v) is 7.41. The van der Waals surface area contributed by atoms with Crippen molar-refractivity contribution in [3.05, 3.63) is 52.5 Å². The van der Waals surface area contributed by atoms with Gasteiger partial charge in [0.05, 0.1) is 0 Å². The molecule has 0 atom stereocenters. The molecule has 1 N–H and O–H groups in total. The number of carbonyl (C=O) groups is 1. The minimum atomic E-state index is -0.0581. The van der Waals surface area contributed by atoms with Crippen molar-refractivity contribution in [2.75, 3.05) is 6.54 Å². The summed E-state index contributed by atoms with van der Waals surface area (Å²) in [7, 11) is 0. The van der Waals surface area contributed by atoms with Gasteiger partial charge >= 0.3 is 0 Å². The van der Waals surface area contributed by atoms with Gasteiger partial charge in [-0.25, -0.2) is 4.98 Å². The topological polar surface area (TPSA) is 42.0 Å². The first kappa shape index (κ1) is 12.4. The van der Waals surface area contributed by atoms with Gasteiger partial charge in [0.1, 0.15) is 0 Å². The Balaban J connectivity index is 1.69. The highest BCUT2D eigenvalue weighted by Gasteiger charge is 2.38. The number of amides is 1. The van der Waals surface area contributed by atoms with Crippen LogP contribution in [-0.2, 0) is 5.41 Å². The predicted octanol–water partition coefficient (Wildman–Crippen LogP) is 2.99. The Labute approximate surface area is 116 Å². The lowest BCUT2D eigenvalue weighted by Gasteiger charge is -2.42. The van der Waals surface area contributed by atoms with Crippen LogP contribution >= 0.6 is 11.3 Å². The van der Waals surface area contributed by atoms with Crippen molar-refractivity contribution in [3.63, 3.8) is 0 Å². The zero-order chi connectivity index (χ0) is 13.1. The maximum atomic E-state index is 12.0. The van der Waals surface area contributed by atoms with Gasteiger partial charge in [0.2, 0.25) is 0 Å². The number of nitrogens with one attached hydrogen (secondary N) is 1. The molecular weight excluding hydrogens is 256 g/mol. The van der Waals surface area contributed by atoms with Crippen molar-refractivity contribution < 1.29 is 4.79 Å². The summed E-state index contributed by atoms with van der Waals surface area (Å²) in [5.74, 6) is -0.0581. The van der Waals surface area contributed by atoms with Crippen LogP contribution < -0.4 is 5.32 Å². The van der Waals surface area contributed by atoms with Crippen LogP contribution in [0.1, 0.15) is 34.6 Å². The van der Waals surface area contributed by atoms with Crippen molar-refractivity contribution in [1.82, 2.24) is 10.3 Å². The number of nitrogens with zero attached hydrogens (tertiary/aromatic N) is 1. The Morgan fingerprint density at radius 3 is 2.68 bits per heavy atom. The van der Waals surface area contributed by atoms with Crippen LogP contribution in [0.15, 0.2) is 41.9 Å². The second-order valence-electron chi connectivity index (χ2n) is 5.02. The van der Waals surface area contributed by atoms with E-state index in [0.717, 1.165) is 12.8 Å². The third-order valence-electron chi connectivity index (χ3n) is 3.91. The molecule has 4 heteroatoms. The van der Waals surface area contributed by atoms with Gasteiger partial charge in [-0.05, 0) is 18.4 Å². The molecule has 1 saturated carbocycles. The van der Waals surface area contributed by atoms with Gasteiger partial charge in [0.15, 0.2) is 5.01 Å². The maximum absolute atomic E-state index is 12.0. The maximum Gasteiger partial charge on any atom is 0.280 e. The van der Waals surface area contributed by atoms with Gasteiger partial charge in [0.25, 0.3) is 5.91 Å². The van der Waals surface area contributed by atoms with Crippen LogP contribution in [0.3, 0.4) is 0 Å². The Morgan fingerprint density at radius 1 is 1.32 bits per heavy atom. The summed E-state index contributed by atoms with van der Waals surface area (Å²) in [5.41, 5.74) is 1.47. The molecule has 1 aliphatic rings. The van der Waals surface area contributed by atoms with Gasteiger partial charge in [-0.3, -0.25) is 4.79 Å². The van der Waals surface area contributed by atoms with E-state index >= 15 is 0 Å². The van der Waals surface area contributed by atoms with Gasteiger partial charge < -0.3 is 5.32 Å². The molecule has 0 saturated heterocycles. The van der Waals surface area contributed by atoms with Crippen LogP contribution in [0.2, 0.25) is 0 Å². The van der Waals surface area contributed by atoms with E-state index in [1.807, 2.05) is 11.4 Å². The molecule has 0 radical (unpaired) electrons. The van der Waals surface area contributed by atoms with E-state index in [0.29, 0.717) is 11.6 Å². The highest BCUT2D eigenvalue weighted by molar-refractivity contribution is 7.11. The molecule has 1 aromatic carbocycles. The molecule has 1 aliphatic carbocycles. The number of thiazole rings is 1. The molecule has 3 rings (SSSR count). The molecule has 0 bridgehead atoms. The van der Waals surface area contributed by atoms with Crippen molar-refractivity contribution in [2.45, 2.75) is 24.7 Å². The Bertz CT molecular complexity index is 547. The van der Waals surface area contributed by atoms with Crippen molar-refractivity contribution in [2.24, 2.45) is 0 Å². The molecule has 1 fully saturated rings. The van der Waals surface area contributed by atoms with Crippen LogP contribution in [-0.4, -0.2) is 17.4 Å². The standard InChI is InChI=1S/C15H16N2OS/c18-13(14-16-9-10-19-14)17-11-15(7-4-8-15)12-5-2-1-3-6-12/h1-3,5-6,9-10H,4,7-8,11H2,(H,17,18). The second-order valence-corrected chi connectivity index (χ2v) is 5.91. The molecule has 1 amide bonds. The largest absolute Gasteiger partial charge is 0.349 e. The molecule has 0 aliphatic heterocycles. The monoisotopic (exact) mass is 272 g/mol. The molecule has 19 heavy (non-hydrogen) atoms. The summed E-state index contributed by atoms with van der Waals surface area (Å²) in [6.45, 7) is 0.704. The Morgan fingerprint density at radius 2 is 2.11 bits per heavy atom. The minimum absolute atomic E-state index is 0.0581. The molecule has 0 unspecified atom stereocenters. The van der Waals surface area contributed by atoms with E-state index < -0.39 is 0 Å². The molecule has 2 aromatic rings. The molecule has 1 heterocycles. The van der Waals surface area contributed by atoms with E-state index in [1.54, 1.807) is 6.20 Å². The highest BCUT2D eigenvalue weighted by Crippen LogP contribution is 2.43. The number of aromatic nitrogens is 1. The first-order chi connectivity index (χ1) is 9.30.